The molecule has 0 radical (unpaired) electrons. The van der Waals surface area contributed by atoms with Gasteiger partial charge in [0.2, 0.25) is 0 Å². The number of amides is 1. The summed E-state index contributed by atoms with van der Waals surface area (Å²) in [6.45, 7) is 17.7. The van der Waals surface area contributed by atoms with Gasteiger partial charge in [0, 0.05) is 23.4 Å². The second-order valence-electron chi connectivity index (χ2n) is 9.14. The minimum Gasteiger partial charge on any atom is -0.491 e. The van der Waals surface area contributed by atoms with Crippen LogP contribution in [0.3, 0.4) is 0 Å². The number of hydrogen-bond acceptors (Lipinski definition) is 5. The highest BCUT2D eigenvalue weighted by Gasteiger charge is 2.21. The van der Waals surface area contributed by atoms with Crippen LogP contribution in [0.25, 0.3) is 10.4 Å². The summed E-state index contributed by atoms with van der Waals surface area (Å²) >= 11 is 7.62. The molecule has 1 heterocycles. The van der Waals surface area contributed by atoms with E-state index in [-0.39, 0.29) is 31.1 Å². The average Bonchev–Trinajstić information content (AvgIpc) is 3.34. The highest BCUT2D eigenvalue weighted by molar-refractivity contribution is 7.19. The van der Waals surface area contributed by atoms with E-state index in [9.17, 15) is 14.7 Å². The van der Waals surface area contributed by atoms with Crippen LogP contribution >= 0.6 is 22.9 Å². The van der Waals surface area contributed by atoms with Gasteiger partial charge in [-0.25, -0.2) is 4.79 Å². The summed E-state index contributed by atoms with van der Waals surface area (Å²) in [5.41, 5.74) is 4.00. The van der Waals surface area contributed by atoms with Crippen molar-refractivity contribution in [2.24, 2.45) is 0 Å². The van der Waals surface area contributed by atoms with Crippen LogP contribution in [-0.4, -0.2) is 35.3 Å². The number of ether oxygens (including phenoxy) is 2. The van der Waals surface area contributed by atoms with Gasteiger partial charge < -0.3 is 19.9 Å². The Balaban J connectivity index is 0.00000191. The Kier molecular flexibility index (Phi) is 15.6. The van der Waals surface area contributed by atoms with E-state index >= 15 is 0 Å². The molecule has 0 saturated heterocycles. The van der Waals surface area contributed by atoms with E-state index in [0.29, 0.717) is 9.90 Å². The van der Waals surface area contributed by atoms with Crippen molar-refractivity contribution in [2.45, 2.75) is 93.6 Å². The Labute approximate surface area is 248 Å². The Bertz CT molecular complexity index is 1220. The zero-order valence-corrected chi connectivity index (χ0v) is 26.7. The van der Waals surface area contributed by atoms with Crippen molar-refractivity contribution < 1.29 is 24.2 Å². The third-order valence-corrected chi connectivity index (χ3v) is 6.66. The van der Waals surface area contributed by atoms with Gasteiger partial charge in [0.15, 0.2) is 6.10 Å². The highest BCUT2D eigenvalue weighted by atomic mass is 35.5. The number of carboxylic acids is 1. The van der Waals surface area contributed by atoms with E-state index in [2.05, 4.69) is 5.32 Å². The number of aliphatic carboxylic acids is 1. The molecule has 0 saturated carbocycles. The molecule has 40 heavy (non-hydrogen) atoms. The van der Waals surface area contributed by atoms with Crippen molar-refractivity contribution in [1.82, 2.24) is 5.32 Å². The summed E-state index contributed by atoms with van der Waals surface area (Å²) in [5, 5.41) is 12.6. The van der Waals surface area contributed by atoms with Crippen molar-refractivity contribution >= 4 is 34.8 Å². The molecule has 2 aromatic carbocycles. The molecule has 6 nitrogen and oxygen atoms in total. The molecule has 220 valence electrons. The minimum absolute atomic E-state index is 0.0483. The molecule has 0 bridgehead atoms. The van der Waals surface area contributed by atoms with Gasteiger partial charge >= 0.3 is 5.97 Å². The zero-order chi connectivity index (χ0) is 30.4. The summed E-state index contributed by atoms with van der Waals surface area (Å²) in [5.74, 6) is -0.482. The van der Waals surface area contributed by atoms with E-state index in [4.69, 9.17) is 21.1 Å². The largest absolute Gasteiger partial charge is 0.491 e. The van der Waals surface area contributed by atoms with E-state index in [1.807, 2.05) is 98.7 Å². The number of carbonyl (C=O) groups excluding carboxylic acids is 1. The quantitative estimate of drug-likeness (QED) is 0.234. The molecule has 1 amide bonds. The van der Waals surface area contributed by atoms with Crippen LogP contribution in [0, 0.1) is 6.92 Å². The fraction of sp³-hybridized carbons (Fsp3) is 0.438. The standard InChI is InChI=1S/C28H32ClNO5S.2C2H6/c1-16(2)34-21-7-9-22(18(5)12-21)27(31)30-15-20-13-19(14-24(28(32)33)35-17(3)4)6-8-23(20)25-10-11-26(29)36-25;2*1-2/h6-13,16-17,24H,14-15H2,1-5H3,(H,30,31)(H,32,33);2*1-2H3. The van der Waals surface area contributed by atoms with Gasteiger partial charge in [-0.3, -0.25) is 4.79 Å². The Morgan fingerprint density at radius 1 is 0.950 bits per heavy atom. The molecule has 0 aliphatic rings. The summed E-state index contributed by atoms with van der Waals surface area (Å²) in [6.07, 6.45) is -0.898. The lowest BCUT2D eigenvalue weighted by molar-refractivity contribution is -0.153. The van der Waals surface area contributed by atoms with Crippen molar-refractivity contribution in [3.63, 3.8) is 0 Å². The molecule has 2 N–H and O–H groups in total. The van der Waals surface area contributed by atoms with Crippen LogP contribution in [0.4, 0.5) is 0 Å². The second kappa shape index (κ2) is 17.7. The van der Waals surface area contributed by atoms with Crippen molar-refractivity contribution in [3.05, 3.63) is 75.1 Å². The highest BCUT2D eigenvalue weighted by Crippen LogP contribution is 2.34. The van der Waals surface area contributed by atoms with Gasteiger partial charge in [0.25, 0.3) is 5.91 Å². The van der Waals surface area contributed by atoms with Crippen LogP contribution in [0.5, 0.6) is 5.75 Å². The number of carboxylic acid groups (broad SMARTS) is 1. The third-order valence-electron chi connectivity index (χ3n) is 5.39. The monoisotopic (exact) mass is 589 g/mol. The number of aryl methyl sites for hydroxylation is 1. The first-order valence-electron chi connectivity index (χ1n) is 13.8. The maximum absolute atomic E-state index is 13.0. The van der Waals surface area contributed by atoms with Crippen LogP contribution < -0.4 is 10.1 Å². The number of carbonyl (C=O) groups is 2. The molecular formula is C32H44ClNO5S. The van der Waals surface area contributed by atoms with E-state index in [1.54, 1.807) is 12.1 Å². The van der Waals surface area contributed by atoms with Gasteiger partial charge in [0.05, 0.1) is 16.5 Å². The summed E-state index contributed by atoms with van der Waals surface area (Å²) in [6, 6.07) is 14.9. The number of rotatable bonds is 11. The number of hydrogen-bond donors (Lipinski definition) is 2. The topological polar surface area (TPSA) is 84.9 Å². The number of benzene rings is 2. The first-order valence-corrected chi connectivity index (χ1v) is 15.0. The van der Waals surface area contributed by atoms with Gasteiger partial charge in [-0.15, -0.1) is 11.3 Å². The first-order chi connectivity index (χ1) is 19.0. The molecule has 8 heteroatoms. The van der Waals surface area contributed by atoms with Crippen molar-refractivity contribution in [2.75, 3.05) is 0 Å². The average molecular weight is 590 g/mol. The zero-order valence-electron chi connectivity index (χ0n) is 25.1. The lowest BCUT2D eigenvalue weighted by atomic mass is 9.99. The minimum atomic E-state index is -1.01. The molecular weight excluding hydrogens is 546 g/mol. The maximum atomic E-state index is 13.0. The Morgan fingerprint density at radius 2 is 1.62 bits per heavy atom. The predicted octanol–water partition coefficient (Wildman–Crippen LogP) is 8.57. The predicted molar refractivity (Wildman–Crippen MR) is 167 cm³/mol. The van der Waals surface area contributed by atoms with Crippen LogP contribution in [0.1, 0.15) is 82.4 Å². The molecule has 0 aliphatic heterocycles. The lowest BCUT2D eigenvalue weighted by Crippen LogP contribution is -2.29. The smallest absolute Gasteiger partial charge is 0.333 e. The van der Waals surface area contributed by atoms with Crippen LogP contribution in [-0.2, 0) is 22.5 Å². The maximum Gasteiger partial charge on any atom is 0.333 e. The van der Waals surface area contributed by atoms with Gasteiger partial charge in [-0.1, -0.05) is 57.5 Å². The fourth-order valence-electron chi connectivity index (χ4n) is 3.86. The lowest BCUT2D eigenvalue weighted by Gasteiger charge is -2.18. The van der Waals surface area contributed by atoms with Crippen molar-refractivity contribution in [1.29, 1.82) is 0 Å². The van der Waals surface area contributed by atoms with Gasteiger partial charge in [0.1, 0.15) is 5.75 Å². The first kappa shape index (κ1) is 35.2. The molecule has 1 aromatic heterocycles. The second-order valence-corrected chi connectivity index (χ2v) is 10.9. The summed E-state index contributed by atoms with van der Waals surface area (Å²) in [7, 11) is 0. The number of halogens is 1. The normalized spacial score (nSPS) is 11.2. The molecule has 0 spiro atoms. The molecule has 3 aromatic rings. The van der Waals surface area contributed by atoms with Gasteiger partial charge in [-0.2, -0.15) is 0 Å². The van der Waals surface area contributed by atoms with E-state index in [1.165, 1.54) is 11.3 Å². The SMILES string of the molecule is CC.CC.Cc1cc(OC(C)C)ccc1C(=O)NCc1cc(CC(OC(C)C)C(=O)O)ccc1-c1ccc(Cl)s1. The number of nitrogens with one attached hydrogen (secondary N) is 1. The van der Waals surface area contributed by atoms with Crippen LogP contribution in [0.15, 0.2) is 48.5 Å². The Morgan fingerprint density at radius 3 is 2.15 bits per heavy atom. The summed E-state index contributed by atoms with van der Waals surface area (Å²) < 4.78 is 12.0. The van der Waals surface area contributed by atoms with Gasteiger partial charge in [-0.05, 0) is 87.2 Å². The summed E-state index contributed by atoms with van der Waals surface area (Å²) in [4.78, 5) is 25.7. The molecule has 1 atom stereocenters. The molecule has 0 aliphatic carbocycles. The van der Waals surface area contributed by atoms with E-state index < -0.39 is 12.1 Å². The molecule has 1 unspecified atom stereocenters. The third kappa shape index (κ3) is 11.0. The van der Waals surface area contributed by atoms with Crippen LogP contribution in [0.2, 0.25) is 4.34 Å². The molecule has 3 rings (SSSR count). The molecule has 0 fully saturated rings. The fourth-order valence-corrected chi connectivity index (χ4v) is 4.97. The van der Waals surface area contributed by atoms with E-state index in [0.717, 1.165) is 32.9 Å². The Hall–Kier alpha value is -2.87. The number of thiophene rings is 1. The van der Waals surface area contributed by atoms with Crippen molar-refractivity contribution in [3.8, 4) is 16.2 Å².